The Kier molecular flexibility index (Phi) is 16.7. The van der Waals surface area contributed by atoms with Gasteiger partial charge in [0.25, 0.3) is 10.1 Å². The molecule has 0 saturated carbocycles. The van der Waals surface area contributed by atoms with Crippen LogP contribution in [0.5, 0.6) is 23.0 Å². The Hall–Kier alpha value is -13.9. The van der Waals surface area contributed by atoms with Crippen molar-refractivity contribution in [2.75, 3.05) is 14.2 Å². The fraction of sp³-hybridized carbons (Fsp3) is 0.0667. The van der Waals surface area contributed by atoms with Crippen LogP contribution >= 0.6 is 0 Å². The van der Waals surface area contributed by atoms with Crippen LogP contribution in [0.1, 0.15) is 68.2 Å². The van der Waals surface area contributed by atoms with E-state index < -0.39 is 54.6 Å². The molecule has 0 bridgehead atoms. The first-order valence-electron chi connectivity index (χ1n) is 35.5. The van der Waals surface area contributed by atoms with E-state index in [0.29, 0.717) is 51.4 Å². The van der Waals surface area contributed by atoms with Crippen molar-refractivity contribution in [3.05, 3.63) is 304 Å². The molecule has 546 valence electrons. The third-order valence-electron chi connectivity index (χ3n) is 21.0. The number of para-hydroxylation sites is 1. The molecule has 1 atom stereocenters. The van der Waals surface area contributed by atoms with Crippen molar-refractivity contribution < 1.29 is 51.0 Å². The van der Waals surface area contributed by atoms with Crippen LogP contribution in [0.4, 0.5) is 0 Å². The van der Waals surface area contributed by atoms with E-state index in [4.69, 9.17) is 46.0 Å². The molecule has 0 radical (unpaired) electrons. The SMILES string of the molecule is C=c1c(=Cc2cccc3c2C(C)(C)c2cc4c(cc2-3)c2cc(-c3ccc(C(=O)c5cc(S(=O)[O-])c(OC)cc5O)cc3)ccc2n4-c2nc(-c3ccccc3)nc(-c3ccccc3)n2)n(-c2nc(C)nc(-c3ccccc3)n2)c2c1ccc1c3ccccc3n(-c3ccc(C(=O)c4cc(S(=O)(=O)O)c(OC)cc4O)cc3)c12. The number of fused-ring (bicyclic) bond motifs is 11. The highest BCUT2D eigenvalue weighted by molar-refractivity contribution is 7.86. The van der Waals surface area contributed by atoms with Crippen molar-refractivity contribution in [3.63, 3.8) is 0 Å². The Labute approximate surface area is 641 Å². The van der Waals surface area contributed by atoms with Gasteiger partial charge in [0.15, 0.2) is 29.0 Å². The van der Waals surface area contributed by atoms with Gasteiger partial charge >= 0.3 is 0 Å². The second-order valence-corrected chi connectivity index (χ2v) is 30.1. The smallest absolute Gasteiger partial charge is 0.298 e. The minimum Gasteiger partial charge on any atom is -0.768 e. The lowest BCUT2D eigenvalue weighted by Crippen LogP contribution is -2.29. The molecular formula is C90H62N9O11S2-. The van der Waals surface area contributed by atoms with Crippen molar-refractivity contribution >= 4 is 99.9 Å². The normalized spacial score (nSPS) is 13.0. The Bertz CT molecular complexity index is 7090. The van der Waals surface area contributed by atoms with Crippen LogP contribution in [0.15, 0.2) is 259 Å². The number of phenolic OH excluding ortho intramolecular Hbond substituents is 2. The molecule has 0 aliphatic heterocycles. The first kappa shape index (κ1) is 69.8. The number of aryl methyl sites for hydroxylation is 1. The summed E-state index contributed by atoms with van der Waals surface area (Å²) in [5.41, 5.74) is 12.7. The number of phenols is 2. The van der Waals surface area contributed by atoms with Crippen LogP contribution in [0.25, 0.3) is 141 Å². The molecule has 0 saturated heterocycles. The molecule has 5 heterocycles. The summed E-state index contributed by atoms with van der Waals surface area (Å²) in [5, 5.41) is 27.8. The van der Waals surface area contributed by atoms with E-state index in [-0.39, 0.29) is 38.6 Å². The summed E-state index contributed by atoms with van der Waals surface area (Å²) in [6.07, 6.45) is 2.17. The van der Waals surface area contributed by atoms with Gasteiger partial charge in [0.1, 0.15) is 33.7 Å². The van der Waals surface area contributed by atoms with E-state index in [1.165, 1.54) is 14.2 Å². The van der Waals surface area contributed by atoms with Crippen molar-refractivity contribution in [1.82, 2.24) is 43.6 Å². The lowest BCUT2D eigenvalue weighted by atomic mass is 9.80. The first-order valence-corrected chi connectivity index (χ1v) is 38.0. The zero-order valence-electron chi connectivity index (χ0n) is 60.4. The third-order valence-corrected chi connectivity index (χ3v) is 22.6. The van der Waals surface area contributed by atoms with Gasteiger partial charge in [-0.3, -0.25) is 27.5 Å². The summed E-state index contributed by atoms with van der Waals surface area (Å²) < 4.78 is 76.1. The standard InChI is InChI=1S/C90H63N9O11S2/c1-49-60-38-39-63-61-26-16-17-28-70(61)97(59-36-33-53(34-37-59)84(103)68-45-79(112(106,107)108)77(110-6)48-75(68)101)82(63)81(60)99(88-92-50(2)91-85(94-88)54-19-10-7-11-20-54)72(49)42-58-25-18-27-62-64-43-66-65-41-57(51-29-31-52(32-30-51)83(102)67-44-78(111(104)105)76(109-5)47-74(67)100)35-40-71(65)98(73(66)46-69(64)90(3,4)80(58)62)89-95-86(55-21-12-8-13-22-55)93-87(96-89)56-23-14-9-15-24-56/h7-48,100-101H,1H2,2-6H3,(H,104,105)(H,106,107,108)/p-1. The summed E-state index contributed by atoms with van der Waals surface area (Å²) in [5.74, 6) is -0.0897. The highest BCUT2D eigenvalue weighted by Gasteiger charge is 2.39. The van der Waals surface area contributed by atoms with E-state index in [1.807, 2.05) is 134 Å². The van der Waals surface area contributed by atoms with Gasteiger partial charge in [-0.2, -0.15) is 28.4 Å². The molecule has 1 aliphatic carbocycles. The van der Waals surface area contributed by atoms with E-state index in [2.05, 4.69) is 94.3 Å². The summed E-state index contributed by atoms with van der Waals surface area (Å²) in [6, 6.07) is 76.4. The number of ether oxygens (including phenoxy) is 2. The maximum atomic E-state index is 14.3. The van der Waals surface area contributed by atoms with E-state index in [1.54, 1.807) is 36.4 Å². The maximum Gasteiger partial charge on any atom is 0.298 e. The molecule has 18 rings (SSSR count). The summed E-state index contributed by atoms with van der Waals surface area (Å²) >= 11 is -2.76. The molecule has 17 aromatic rings. The van der Waals surface area contributed by atoms with Crippen LogP contribution in [-0.2, 0) is 26.6 Å². The second-order valence-electron chi connectivity index (χ2n) is 27.9. The van der Waals surface area contributed by atoms with Crippen LogP contribution in [0.3, 0.4) is 0 Å². The monoisotopic (exact) mass is 1510 g/mol. The van der Waals surface area contributed by atoms with E-state index in [0.717, 1.165) is 134 Å². The summed E-state index contributed by atoms with van der Waals surface area (Å²) in [6.45, 7) is 11.2. The molecule has 1 aliphatic rings. The molecule has 5 aromatic heterocycles. The molecule has 1 unspecified atom stereocenters. The predicted molar refractivity (Wildman–Crippen MR) is 431 cm³/mol. The molecular weight excluding hydrogens is 1450 g/mol. The molecule has 0 fully saturated rings. The number of ketones is 2. The maximum absolute atomic E-state index is 14.3. The van der Waals surface area contributed by atoms with Crippen LogP contribution in [0, 0.1) is 6.92 Å². The van der Waals surface area contributed by atoms with Gasteiger partial charge in [-0.25, -0.2) is 9.97 Å². The lowest BCUT2D eigenvalue weighted by Gasteiger charge is -2.24. The number of nitrogens with zero attached hydrogens (tertiary/aromatic N) is 9. The average Bonchev–Trinajstić information content (AvgIpc) is 1.54. The predicted octanol–water partition coefficient (Wildman–Crippen LogP) is 16.1. The molecule has 0 amide bonds. The van der Waals surface area contributed by atoms with Gasteiger partial charge in [-0.1, -0.05) is 190 Å². The fourth-order valence-electron chi connectivity index (χ4n) is 15.8. The highest BCUT2D eigenvalue weighted by atomic mass is 32.2. The lowest BCUT2D eigenvalue weighted by molar-refractivity contribution is 0.102. The van der Waals surface area contributed by atoms with Gasteiger partial charge in [0.2, 0.25) is 11.9 Å². The summed E-state index contributed by atoms with van der Waals surface area (Å²) in [4.78, 5) is 58.6. The number of aromatic hydroxyl groups is 2. The number of rotatable bonds is 16. The molecule has 112 heavy (non-hydrogen) atoms. The van der Waals surface area contributed by atoms with E-state index in [9.17, 15) is 41.5 Å². The van der Waals surface area contributed by atoms with Crippen molar-refractivity contribution in [2.24, 2.45) is 0 Å². The highest BCUT2D eigenvalue weighted by Crippen LogP contribution is 2.53. The molecule has 3 N–H and O–H groups in total. The Morgan fingerprint density at radius 2 is 1.04 bits per heavy atom. The zero-order valence-corrected chi connectivity index (χ0v) is 62.0. The largest absolute Gasteiger partial charge is 0.768 e. The van der Waals surface area contributed by atoms with Gasteiger partial charge in [0, 0.05) is 83.2 Å². The third kappa shape index (κ3) is 11.5. The Balaban J connectivity index is 0.840. The number of aromatic nitrogens is 9. The number of hydrogen-bond donors (Lipinski definition) is 3. The van der Waals surface area contributed by atoms with Crippen LogP contribution < -0.4 is 20.0 Å². The van der Waals surface area contributed by atoms with Crippen LogP contribution in [-0.4, -0.2) is 101 Å². The zero-order chi connectivity index (χ0) is 77.3. The molecule has 22 heteroatoms. The number of hydrogen-bond acceptors (Lipinski definition) is 16. The topological polar surface area (TPSA) is 280 Å². The van der Waals surface area contributed by atoms with Crippen molar-refractivity contribution in [2.45, 2.75) is 36.0 Å². The van der Waals surface area contributed by atoms with Gasteiger partial charge < -0.3 is 28.8 Å². The van der Waals surface area contributed by atoms with Gasteiger partial charge in [-0.15, -0.1) is 0 Å². The van der Waals surface area contributed by atoms with Crippen LogP contribution in [0.2, 0.25) is 0 Å². The number of carbonyl (C=O) groups is 2. The Morgan fingerprint density at radius 1 is 0.500 bits per heavy atom. The Morgan fingerprint density at radius 3 is 1.65 bits per heavy atom. The summed E-state index contributed by atoms with van der Waals surface area (Å²) in [7, 11) is -2.41. The average molecular weight is 1510 g/mol. The molecule has 12 aromatic carbocycles. The van der Waals surface area contributed by atoms with E-state index >= 15 is 0 Å². The van der Waals surface area contributed by atoms with Gasteiger partial charge in [-0.05, 0) is 130 Å². The van der Waals surface area contributed by atoms with Crippen molar-refractivity contribution in [1.29, 1.82) is 0 Å². The fourth-order valence-corrected chi connectivity index (χ4v) is 17.0. The molecule has 20 nitrogen and oxygen atoms in total. The minimum absolute atomic E-state index is 0.0939. The minimum atomic E-state index is -4.87. The number of benzene rings is 12. The molecule has 0 spiro atoms. The first-order chi connectivity index (χ1) is 54.1. The number of methoxy groups -OCH3 is 2. The number of carbonyl (C=O) groups excluding carboxylic acids is 2. The second kappa shape index (κ2) is 26.7. The van der Waals surface area contributed by atoms with Crippen molar-refractivity contribution in [3.8, 4) is 97.0 Å². The van der Waals surface area contributed by atoms with Gasteiger partial charge in [0.05, 0.1) is 63.2 Å². The quantitative estimate of drug-likeness (QED) is 0.0460.